The van der Waals surface area contributed by atoms with Crippen molar-refractivity contribution >= 4 is 35.3 Å². The maximum Gasteiger partial charge on any atom is 0.337 e. The SMILES string of the molecule is O=C(O)c1cccc(C(=O)O)c1N=Nc1c(C(=O)O)cccc1C(=O)O. The number of carboxylic acid groups (broad SMARTS) is 4. The first-order valence-corrected chi connectivity index (χ1v) is 6.85. The van der Waals surface area contributed by atoms with Crippen molar-refractivity contribution in [2.45, 2.75) is 0 Å². The van der Waals surface area contributed by atoms with Crippen LogP contribution < -0.4 is 0 Å². The summed E-state index contributed by atoms with van der Waals surface area (Å²) in [5.41, 5.74) is -3.03. The Morgan fingerprint density at radius 3 is 0.962 bits per heavy atom. The second kappa shape index (κ2) is 7.21. The van der Waals surface area contributed by atoms with Crippen LogP contribution in [0.2, 0.25) is 0 Å². The third kappa shape index (κ3) is 3.53. The van der Waals surface area contributed by atoms with Crippen molar-refractivity contribution in [1.29, 1.82) is 0 Å². The minimum Gasteiger partial charge on any atom is -0.478 e. The molecule has 0 amide bonds. The highest BCUT2D eigenvalue weighted by molar-refractivity contribution is 6.03. The van der Waals surface area contributed by atoms with Gasteiger partial charge in [-0.3, -0.25) is 0 Å². The summed E-state index contributed by atoms with van der Waals surface area (Å²) in [6.07, 6.45) is 0. The fraction of sp³-hybridized carbons (Fsp3) is 0. The number of hydrogen-bond acceptors (Lipinski definition) is 6. The average Bonchev–Trinajstić information content (AvgIpc) is 2.58. The fourth-order valence-corrected chi connectivity index (χ4v) is 2.09. The Morgan fingerprint density at radius 1 is 0.538 bits per heavy atom. The highest BCUT2D eigenvalue weighted by atomic mass is 16.4. The number of aromatic carboxylic acids is 4. The van der Waals surface area contributed by atoms with Crippen LogP contribution in [0.15, 0.2) is 46.6 Å². The molecule has 26 heavy (non-hydrogen) atoms. The molecule has 0 bridgehead atoms. The number of hydrogen-bond donors (Lipinski definition) is 4. The number of carboxylic acids is 4. The van der Waals surface area contributed by atoms with Crippen molar-refractivity contribution in [1.82, 2.24) is 0 Å². The molecule has 0 unspecified atom stereocenters. The summed E-state index contributed by atoms with van der Waals surface area (Å²) in [4.78, 5) is 45.1. The molecule has 10 heteroatoms. The van der Waals surface area contributed by atoms with Crippen molar-refractivity contribution in [3.63, 3.8) is 0 Å². The van der Waals surface area contributed by atoms with Gasteiger partial charge in [0.1, 0.15) is 11.4 Å². The molecule has 2 rings (SSSR count). The summed E-state index contributed by atoms with van der Waals surface area (Å²) in [6.45, 7) is 0. The van der Waals surface area contributed by atoms with E-state index in [1.54, 1.807) is 0 Å². The third-order valence-electron chi connectivity index (χ3n) is 3.24. The average molecular weight is 358 g/mol. The number of rotatable bonds is 6. The fourth-order valence-electron chi connectivity index (χ4n) is 2.09. The van der Waals surface area contributed by atoms with Gasteiger partial charge in [-0.15, -0.1) is 10.2 Å². The standard InChI is InChI=1S/C16H10N2O8/c19-13(20)7-3-1-4-8(14(21)22)11(7)17-18-12-9(15(23)24)5-2-6-10(12)16(25)26/h1-6H,(H,19,20)(H,21,22)(H,23,24)(H,25,26). The van der Waals surface area contributed by atoms with Crippen LogP contribution in [0.3, 0.4) is 0 Å². The van der Waals surface area contributed by atoms with E-state index in [1.165, 1.54) is 12.1 Å². The lowest BCUT2D eigenvalue weighted by Crippen LogP contribution is -2.04. The van der Waals surface area contributed by atoms with Gasteiger partial charge < -0.3 is 20.4 Å². The minimum absolute atomic E-state index is 0.488. The third-order valence-corrected chi connectivity index (χ3v) is 3.24. The lowest BCUT2D eigenvalue weighted by Gasteiger charge is -2.06. The molecule has 0 heterocycles. The number of azo groups is 1. The normalized spacial score (nSPS) is 10.6. The van der Waals surface area contributed by atoms with E-state index >= 15 is 0 Å². The van der Waals surface area contributed by atoms with E-state index in [4.69, 9.17) is 0 Å². The molecule has 0 saturated carbocycles. The Hall–Kier alpha value is -4.08. The van der Waals surface area contributed by atoms with Gasteiger partial charge in [-0.25, -0.2) is 19.2 Å². The Bertz CT molecular complexity index is 823. The highest BCUT2D eigenvalue weighted by Crippen LogP contribution is 2.30. The van der Waals surface area contributed by atoms with Crippen LogP contribution in [0.4, 0.5) is 11.4 Å². The Balaban J connectivity index is 2.72. The molecule has 0 atom stereocenters. The Morgan fingerprint density at radius 2 is 0.769 bits per heavy atom. The molecule has 0 spiro atoms. The quantitative estimate of drug-likeness (QED) is 0.570. The Kier molecular flexibility index (Phi) is 5.07. The van der Waals surface area contributed by atoms with Gasteiger partial charge >= 0.3 is 23.9 Å². The van der Waals surface area contributed by atoms with Crippen LogP contribution >= 0.6 is 0 Å². The molecule has 0 fully saturated rings. The first-order valence-electron chi connectivity index (χ1n) is 6.85. The predicted molar refractivity (Wildman–Crippen MR) is 84.9 cm³/mol. The topological polar surface area (TPSA) is 174 Å². The van der Waals surface area contributed by atoms with Gasteiger partial charge in [-0.2, -0.15) is 0 Å². The molecule has 4 N–H and O–H groups in total. The zero-order valence-electron chi connectivity index (χ0n) is 12.8. The van der Waals surface area contributed by atoms with Crippen LogP contribution in [0.5, 0.6) is 0 Å². The van der Waals surface area contributed by atoms with E-state index in [1.807, 2.05) is 0 Å². The van der Waals surface area contributed by atoms with Crippen molar-refractivity contribution in [2.24, 2.45) is 10.2 Å². The molecule has 0 aliphatic heterocycles. The smallest absolute Gasteiger partial charge is 0.337 e. The Labute approximate surface area is 144 Å². The largest absolute Gasteiger partial charge is 0.478 e. The van der Waals surface area contributed by atoms with Crippen molar-refractivity contribution in [3.05, 3.63) is 58.7 Å². The molecule has 10 nitrogen and oxygen atoms in total. The summed E-state index contributed by atoms with van der Waals surface area (Å²) in [5, 5.41) is 43.8. The van der Waals surface area contributed by atoms with Crippen LogP contribution in [0, 0.1) is 0 Å². The van der Waals surface area contributed by atoms with Gasteiger partial charge in [-0.05, 0) is 24.3 Å². The number of carbonyl (C=O) groups is 4. The predicted octanol–water partition coefficient (Wildman–Crippen LogP) is 2.89. The van der Waals surface area contributed by atoms with E-state index in [-0.39, 0.29) is 0 Å². The van der Waals surface area contributed by atoms with Crippen LogP contribution in [0.1, 0.15) is 41.4 Å². The molecule has 2 aromatic carbocycles. The first-order chi connectivity index (χ1) is 12.2. The molecular formula is C16H10N2O8. The van der Waals surface area contributed by atoms with Crippen molar-refractivity contribution in [2.75, 3.05) is 0 Å². The lowest BCUT2D eigenvalue weighted by atomic mass is 10.1. The van der Waals surface area contributed by atoms with E-state index in [9.17, 15) is 39.6 Å². The number of nitrogens with zero attached hydrogens (tertiary/aromatic N) is 2. The summed E-state index contributed by atoms with van der Waals surface area (Å²) in [6, 6.07) is 6.74. The van der Waals surface area contributed by atoms with Gasteiger partial charge in [0.25, 0.3) is 0 Å². The van der Waals surface area contributed by atoms with Gasteiger partial charge in [-0.1, -0.05) is 12.1 Å². The van der Waals surface area contributed by atoms with Crippen molar-refractivity contribution < 1.29 is 39.6 Å². The van der Waals surface area contributed by atoms with Crippen LogP contribution in [-0.4, -0.2) is 44.3 Å². The maximum absolute atomic E-state index is 11.3. The molecule has 132 valence electrons. The van der Waals surface area contributed by atoms with Crippen LogP contribution in [0.25, 0.3) is 0 Å². The molecular weight excluding hydrogens is 348 g/mol. The second-order valence-electron chi connectivity index (χ2n) is 4.82. The monoisotopic (exact) mass is 358 g/mol. The summed E-state index contributed by atoms with van der Waals surface area (Å²) in [7, 11) is 0. The van der Waals surface area contributed by atoms with E-state index < -0.39 is 57.5 Å². The zero-order chi connectivity index (χ0) is 19.4. The zero-order valence-corrected chi connectivity index (χ0v) is 12.8. The van der Waals surface area contributed by atoms with E-state index in [2.05, 4.69) is 10.2 Å². The molecule has 0 aliphatic carbocycles. The van der Waals surface area contributed by atoms with Gasteiger partial charge in [0, 0.05) is 0 Å². The van der Waals surface area contributed by atoms with Crippen molar-refractivity contribution in [3.8, 4) is 0 Å². The number of benzene rings is 2. The summed E-state index contributed by atoms with van der Waals surface area (Å²) in [5.74, 6) is -5.92. The second-order valence-corrected chi connectivity index (χ2v) is 4.82. The first kappa shape index (κ1) is 18.3. The highest BCUT2D eigenvalue weighted by Gasteiger charge is 2.21. The van der Waals surface area contributed by atoms with Gasteiger partial charge in [0.05, 0.1) is 22.3 Å². The van der Waals surface area contributed by atoms with Crippen LogP contribution in [-0.2, 0) is 0 Å². The van der Waals surface area contributed by atoms with E-state index in [0.29, 0.717) is 0 Å². The molecule has 2 aromatic rings. The summed E-state index contributed by atoms with van der Waals surface area (Å²) < 4.78 is 0. The van der Waals surface area contributed by atoms with E-state index in [0.717, 1.165) is 24.3 Å². The molecule has 0 aliphatic rings. The molecule has 0 saturated heterocycles. The molecule has 0 radical (unpaired) electrons. The minimum atomic E-state index is -1.48. The lowest BCUT2D eigenvalue weighted by molar-refractivity contribution is 0.0677. The maximum atomic E-state index is 11.3. The van der Waals surface area contributed by atoms with Gasteiger partial charge in [0.15, 0.2) is 0 Å². The summed E-state index contributed by atoms with van der Waals surface area (Å²) >= 11 is 0. The molecule has 0 aromatic heterocycles. The van der Waals surface area contributed by atoms with Gasteiger partial charge in [0.2, 0.25) is 0 Å².